The normalized spacial score (nSPS) is 14.0. The SMILES string of the molecule is CCCCCC/C=C/C=C/CCCCCCCC(=O)O[C@H](COC(=O)CCCCCCC/C=C/CCCCCCC)COP(=O)(O)OCC[N+](C)(C)C. The first kappa shape index (κ1) is 51.2. The molecule has 0 aliphatic carbocycles. The van der Waals surface area contributed by atoms with E-state index in [4.69, 9.17) is 18.5 Å². The minimum atomic E-state index is -4.38. The molecule has 0 saturated heterocycles. The summed E-state index contributed by atoms with van der Waals surface area (Å²) >= 11 is 0. The lowest BCUT2D eigenvalue weighted by molar-refractivity contribution is -0.870. The van der Waals surface area contributed by atoms with Gasteiger partial charge >= 0.3 is 19.8 Å². The molecule has 0 radical (unpaired) electrons. The molecule has 1 unspecified atom stereocenters. The van der Waals surface area contributed by atoms with Crippen LogP contribution in [0.15, 0.2) is 36.5 Å². The lowest BCUT2D eigenvalue weighted by atomic mass is 10.1. The molecule has 0 aliphatic heterocycles. The summed E-state index contributed by atoms with van der Waals surface area (Å²) in [4.78, 5) is 35.3. The average molecular weight is 771 g/mol. The summed E-state index contributed by atoms with van der Waals surface area (Å²) in [5.41, 5.74) is 0. The number of hydrogen-bond acceptors (Lipinski definition) is 7. The number of ether oxygens (including phenoxy) is 2. The lowest BCUT2D eigenvalue weighted by Crippen LogP contribution is -2.37. The molecule has 310 valence electrons. The van der Waals surface area contributed by atoms with Gasteiger partial charge in [0.15, 0.2) is 6.10 Å². The average Bonchev–Trinajstić information content (AvgIpc) is 3.10. The summed E-state index contributed by atoms with van der Waals surface area (Å²) in [7, 11) is 1.46. The quantitative estimate of drug-likeness (QED) is 0.0165. The highest BCUT2D eigenvalue weighted by Crippen LogP contribution is 2.43. The van der Waals surface area contributed by atoms with Crippen molar-refractivity contribution in [2.24, 2.45) is 0 Å². The standard InChI is InChI=1S/C43H80NO8P/c1-6-8-10-12-14-16-18-20-22-24-26-28-30-32-34-36-43(46)52-41(40-51-53(47,48)50-38-37-44(3,4)5)39-49-42(45)35-33-31-29-27-25-23-21-19-17-15-13-11-9-7-2/h16,18-22,41H,6-15,17,23-40H2,1-5H3/p+1/b18-16+,21-19+,22-20+/t41-/m1/s1. The van der Waals surface area contributed by atoms with E-state index in [0.29, 0.717) is 17.4 Å². The molecule has 10 heteroatoms. The zero-order valence-corrected chi connectivity index (χ0v) is 35.6. The van der Waals surface area contributed by atoms with Gasteiger partial charge in [0.25, 0.3) is 0 Å². The van der Waals surface area contributed by atoms with Crippen molar-refractivity contribution in [1.29, 1.82) is 0 Å². The van der Waals surface area contributed by atoms with Crippen LogP contribution in [0.1, 0.15) is 174 Å². The van der Waals surface area contributed by atoms with Crippen LogP contribution in [-0.4, -0.2) is 74.9 Å². The number of likely N-dealkylation sites (N-methyl/N-ethyl adjacent to an activating group) is 1. The van der Waals surface area contributed by atoms with Crippen LogP contribution in [-0.2, 0) is 32.7 Å². The number of phosphoric ester groups is 1. The van der Waals surface area contributed by atoms with E-state index in [1.165, 1.54) is 64.2 Å². The van der Waals surface area contributed by atoms with Crippen molar-refractivity contribution in [3.05, 3.63) is 36.5 Å². The van der Waals surface area contributed by atoms with Crippen LogP contribution in [0.4, 0.5) is 0 Å². The molecule has 1 N–H and O–H groups in total. The molecule has 0 heterocycles. The Bertz CT molecular complexity index is 1010. The van der Waals surface area contributed by atoms with Crippen LogP contribution in [0.2, 0.25) is 0 Å². The Balaban J connectivity index is 4.43. The molecule has 0 rings (SSSR count). The molecule has 9 nitrogen and oxygen atoms in total. The number of carbonyl (C=O) groups is 2. The van der Waals surface area contributed by atoms with Crippen LogP contribution >= 0.6 is 7.82 Å². The molecule has 53 heavy (non-hydrogen) atoms. The Hall–Kier alpha value is -1.77. The van der Waals surface area contributed by atoms with E-state index in [0.717, 1.165) is 77.0 Å². The second-order valence-electron chi connectivity index (χ2n) is 15.4. The summed E-state index contributed by atoms with van der Waals surface area (Å²) < 4.78 is 34.2. The fraction of sp³-hybridized carbons (Fsp3) is 0.814. The fourth-order valence-electron chi connectivity index (χ4n) is 5.53. The number of quaternary nitrogens is 1. The van der Waals surface area contributed by atoms with Crippen molar-refractivity contribution in [3.8, 4) is 0 Å². The van der Waals surface area contributed by atoms with Gasteiger partial charge < -0.3 is 18.9 Å². The maximum atomic E-state index is 12.7. The lowest BCUT2D eigenvalue weighted by Gasteiger charge is -2.24. The number of unbranched alkanes of at least 4 members (excludes halogenated alkanes) is 19. The van der Waals surface area contributed by atoms with Gasteiger partial charge in [-0.1, -0.05) is 134 Å². The Kier molecular flexibility index (Phi) is 34.7. The third-order valence-corrected chi connectivity index (χ3v) is 9.90. The number of nitrogens with zero attached hydrogens (tertiary/aromatic N) is 1. The second-order valence-corrected chi connectivity index (χ2v) is 16.9. The zero-order valence-electron chi connectivity index (χ0n) is 34.7. The molecule has 0 bridgehead atoms. The third kappa shape index (κ3) is 39.7. The first-order valence-electron chi connectivity index (χ1n) is 21.2. The van der Waals surface area contributed by atoms with Gasteiger partial charge in [-0.05, 0) is 64.2 Å². The zero-order chi connectivity index (χ0) is 39.3. The summed E-state index contributed by atoms with van der Waals surface area (Å²) in [6.45, 7) is 4.36. The number of allylic oxidation sites excluding steroid dienone is 6. The third-order valence-electron chi connectivity index (χ3n) is 8.92. The van der Waals surface area contributed by atoms with E-state index >= 15 is 0 Å². The maximum Gasteiger partial charge on any atom is 0.472 e. The van der Waals surface area contributed by atoms with Crippen LogP contribution < -0.4 is 0 Å². The van der Waals surface area contributed by atoms with Crippen LogP contribution in [0.3, 0.4) is 0 Å². The number of carbonyl (C=O) groups excluding carboxylic acids is 2. The Morgan fingerprint density at radius 2 is 1.02 bits per heavy atom. The fourth-order valence-corrected chi connectivity index (χ4v) is 6.27. The van der Waals surface area contributed by atoms with Crippen molar-refractivity contribution in [2.45, 2.75) is 180 Å². The van der Waals surface area contributed by atoms with Gasteiger partial charge in [0.05, 0.1) is 27.7 Å². The first-order chi connectivity index (χ1) is 25.5. The molecule has 0 fully saturated rings. The predicted octanol–water partition coefficient (Wildman–Crippen LogP) is 11.7. The minimum absolute atomic E-state index is 0.0269. The molecule has 0 spiro atoms. The van der Waals surface area contributed by atoms with Crippen molar-refractivity contribution < 1.29 is 42.1 Å². The molecule has 0 aliphatic rings. The summed E-state index contributed by atoms with van der Waals surface area (Å²) in [5.74, 6) is -0.827. The van der Waals surface area contributed by atoms with E-state index < -0.39 is 26.5 Å². The topological polar surface area (TPSA) is 108 Å². The van der Waals surface area contributed by atoms with Crippen LogP contribution in [0.25, 0.3) is 0 Å². The van der Waals surface area contributed by atoms with Crippen molar-refractivity contribution in [2.75, 3.05) is 47.5 Å². The molecule has 0 aromatic carbocycles. The van der Waals surface area contributed by atoms with Gasteiger partial charge in [0.2, 0.25) is 0 Å². The molecule has 0 amide bonds. The molecular formula is C43H81NO8P+. The largest absolute Gasteiger partial charge is 0.472 e. The molecule has 0 saturated carbocycles. The number of hydrogen-bond donors (Lipinski definition) is 1. The van der Waals surface area contributed by atoms with E-state index in [-0.39, 0.29) is 32.0 Å². The summed E-state index contributed by atoms with van der Waals surface area (Å²) in [6, 6.07) is 0. The minimum Gasteiger partial charge on any atom is -0.462 e. The summed E-state index contributed by atoms with van der Waals surface area (Å²) in [5, 5.41) is 0. The van der Waals surface area contributed by atoms with Crippen molar-refractivity contribution in [1.82, 2.24) is 0 Å². The Labute approximate surface area is 325 Å². The van der Waals surface area contributed by atoms with Gasteiger partial charge in [-0.15, -0.1) is 0 Å². The predicted molar refractivity (Wildman–Crippen MR) is 220 cm³/mol. The molecule has 0 aromatic rings. The monoisotopic (exact) mass is 771 g/mol. The van der Waals surface area contributed by atoms with E-state index in [9.17, 15) is 19.0 Å². The Morgan fingerprint density at radius 3 is 1.53 bits per heavy atom. The maximum absolute atomic E-state index is 12.7. The number of esters is 2. The Morgan fingerprint density at radius 1 is 0.585 bits per heavy atom. The van der Waals surface area contributed by atoms with E-state index in [1.807, 2.05) is 21.1 Å². The highest BCUT2D eigenvalue weighted by Gasteiger charge is 2.27. The smallest absolute Gasteiger partial charge is 0.462 e. The van der Waals surface area contributed by atoms with Crippen LogP contribution in [0, 0.1) is 0 Å². The molecule has 0 aromatic heterocycles. The number of rotatable bonds is 38. The number of phosphoric acid groups is 1. The molecule has 2 atom stereocenters. The highest BCUT2D eigenvalue weighted by molar-refractivity contribution is 7.47. The first-order valence-corrected chi connectivity index (χ1v) is 22.7. The van der Waals surface area contributed by atoms with Crippen molar-refractivity contribution >= 4 is 19.8 Å². The van der Waals surface area contributed by atoms with Gasteiger partial charge in [-0.25, -0.2) is 4.57 Å². The second kappa shape index (κ2) is 35.9. The van der Waals surface area contributed by atoms with E-state index in [2.05, 4.69) is 50.3 Å². The van der Waals surface area contributed by atoms with E-state index in [1.54, 1.807) is 0 Å². The van der Waals surface area contributed by atoms with Gasteiger partial charge in [-0.2, -0.15) is 0 Å². The van der Waals surface area contributed by atoms with Gasteiger partial charge in [-0.3, -0.25) is 18.6 Å². The van der Waals surface area contributed by atoms with Crippen LogP contribution in [0.5, 0.6) is 0 Å². The van der Waals surface area contributed by atoms with Gasteiger partial charge in [0, 0.05) is 12.8 Å². The van der Waals surface area contributed by atoms with Crippen molar-refractivity contribution in [3.63, 3.8) is 0 Å². The molecular weight excluding hydrogens is 689 g/mol. The highest BCUT2D eigenvalue weighted by atomic mass is 31.2. The van der Waals surface area contributed by atoms with Gasteiger partial charge in [0.1, 0.15) is 19.8 Å². The summed E-state index contributed by atoms with van der Waals surface area (Å²) in [6.07, 6.45) is 39.0.